The van der Waals surface area contributed by atoms with Crippen molar-refractivity contribution in [1.29, 1.82) is 0 Å². The average Bonchev–Trinajstić information content (AvgIpc) is 2.92. The fourth-order valence-corrected chi connectivity index (χ4v) is 4.58. The van der Waals surface area contributed by atoms with Gasteiger partial charge in [-0.2, -0.15) is 0 Å². The van der Waals surface area contributed by atoms with Crippen molar-refractivity contribution in [3.05, 3.63) is 99.8 Å². The summed E-state index contributed by atoms with van der Waals surface area (Å²) in [4.78, 5) is 28.8. The third-order valence-electron chi connectivity index (χ3n) is 6.07. The van der Waals surface area contributed by atoms with Crippen molar-refractivity contribution in [2.75, 3.05) is 13.7 Å². The fraction of sp³-hybridized carbons (Fsp3) is 0.167. The summed E-state index contributed by atoms with van der Waals surface area (Å²) in [6.07, 6.45) is 1.64. The fourth-order valence-electron chi connectivity index (χ4n) is 3.97. The van der Waals surface area contributed by atoms with Gasteiger partial charge in [-0.1, -0.05) is 67.4 Å². The number of nitrogens with two attached hydrogens (primary N) is 1. The highest BCUT2D eigenvalue weighted by Gasteiger charge is 2.22. The van der Waals surface area contributed by atoms with E-state index in [1.54, 1.807) is 44.3 Å². The molecule has 0 amide bonds. The molecule has 4 aromatic rings. The Kier molecular flexibility index (Phi) is 8.35. The molecule has 2 N–H and O–H groups in total. The van der Waals surface area contributed by atoms with Crippen molar-refractivity contribution >= 4 is 51.4 Å². The van der Waals surface area contributed by atoms with Gasteiger partial charge in [0.05, 0.1) is 28.4 Å². The Bertz CT molecular complexity index is 1530. The number of carbonyl (C=O) groups is 2. The van der Waals surface area contributed by atoms with E-state index in [-0.39, 0.29) is 29.7 Å². The van der Waals surface area contributed by atoms with Gasteiger partial charge in [0.1, 0.15) is 18.1 Å². The van der Waals surface area contributed by atoms with Gasteiger partial charge in [-0.15, -0.1) is 0 Å². The van der Waals surface area contributed by atoms with E-state index in [0.717, 1.165) is 21.9 Å². The van der Waals surface area contributed by atoms with Crippen LogP contribution in [0.25, 0.3) is 27.6 Å². The quantitative estimate of drug-likeness (QED) is 0.189. The summed E-state index contributed by atoms with van der Waals surface area (Å²) in [6, 6.07) is 20.2. The highest BCUT2D eigenvalue weighted by Crippen LogP contribution is 2.32. The van der Waals surface area contributed by atoms with Gasteiger partial charge in [0.2, 0.25) is 0 Å². The van der Waals surface area contributed by atoms with Crippen molar-refractivity contribution in [3.63, 3.8) is 0 Å². The standard InChI is InChI=1S/C30H26Cl2N2O4/c1-17(2)29(35)23(28(33)27-24(31)5-4-6-25(27)32)16-38-22-11-9-18-13-19(7-8-20(18)14-22)21-10-12-26(34-15-21)30(36)37-3/h4-15,17H,16,33H2,1-3H3/b28-23-. The summed E-state index contributed by atoms with van der Waals surface area (Å²) in [7, 11) is 1.32. The van der Waals surface area contributed by atoms with E-state index in [9.17, 15) is 9.59 Å². The van der Waals surface area contributed by atoms with E-state index in [1.807, 2.05) is 42.5 Å². The molecule has 0 saturated carbocycles. The van der Waals surface area contributed by atoms with E-state index in [1.165, 1.54) is 7.11 Å². The van der Waals surface area contributed by atoms with Crippen LogP contribution in [-0.2, 0) is 9.53 Å². The Hall–Kier alpha value is -3.87. The molecular formula is C30H26Cl2N2O4. The largest absolute Gasteiger partial charge is 0.489 e. The first-order valence-electron chi connectivity index (χ1n) is 11.9. The third kappa shape index (κ3) is 5.82. The van der Waals surface area contributed by atoms with Gasteiger partial charge < -0.3 is 15.2 Å². The molecule has 0 fully saturated rings. The monoisotopic (exact) mass is 548 g/mol. The summed E-state index contributed by atoms with van der Waals surface area (Å²) in [5.41, 5.74) is 9.43. The number of rotatable bonds is 8. The smallest absolute Gasteiger partial charge is 0.356 e. The van der Waals surface area contributed by atoms with Crippen molar-refractivity contribution in [1.82, 2.24) is 4.98 Å². The minimum atomic E-state index is -0.479. The topological polar surface area (TPSA) is 91.5 Å². The van der Waals surface area contributed by atoms with Crippen LogP contribution in [-0.4, -0.2) is 30.5 Å². The third-order valence-corrected chi connectivity index (χ3v) is 6.70. The number of esters is 1. The molecule has 6 nitrogen and oxygen atoms in total. The van der Waals surface area contributed by atoms with Crippen molar-refractivity contribution in [2.45, 2.75) is 13.8 Å². The summed E-state index contributed by atoms with van der Waals surface area (Å²) in [5.74, 6) is -0.329. The molecule has 38 heavy (non-hydrogen) atoms. The van der Waals surface area contributed by atoms with Crippen LogP contribution in [0, 0.1) is 5.92 Å². The number of benzene rings is 3. The zero-order valence-electron chi connectivity index (χ0n) is 21.1. The van der Waals surface area contributed by atoms with E-state index in [4.69, 9.17) is 38.4 Å². The number of aromatic nitrogens is 1. The minimum Gasteiger partial charge on any atom is -0.489 e. The van der Waals surface area contributed by atoms with Crippen LogP contribution < -0.4 is 10.5 Å². The van der Waals surface area contributed by atoms with Crippen LogP contribution in [0.4, 0.5) is 0 Å². The molecule has 194 valence electrons. The van der Waals surface area contributed by atoms with Gasteiger partial charge in [0.25, 0.3) is 0 Å². The number of fused-ring (bicyclic) bond motifs is 1. The lowest BCUT2D eigenvalue weighted by atomic mass is 9.97. The minimum absolute atomic E-state index is 0.0355. The van der Waals surface area contributed by atoms with E-state index >= 15 is 0 Å². The van der Waals surface area contributed by atoms with Crippen molar-refractivity contribution < 1.29 is 19.1 Å². The first-order chi connectivity index (χ1) is 18.2. The molecule has 0 aliphatic rings. The first kappa shape index (κ1) is 27.2. The number of pyridine rings is 1. The predicted molar refractivity (Wildman–Crippen MR) is 151 cm³/mol. The van der Waals surface area contributed by atoms with Crippen LogP contribution in [0.15, 0.2) is 78.5 Å². The lowest BCUT2D eigenvalue weighted by Crippen LogP contribution is -2.21. The van der Waals surface area contributed by atoms with Gasteiger partial charge in [0, 0.05) is 23.2 Å². The maximum Gasteiger partial charge on any atom is 0.356 e. The summed E-state index contributed by atoms with van der Waals surface area (Å²) in [5, 5.41) is 2.66. The molecule has 0 unspecified atom stereocenters. The first-order valence-corrected chi connectivity index (χ1v) is 12.6. The van der Waals surface area contributed by atoms with E-state index < -0.39 is 5.97 Å². The second kappa shape index (κ2) is 11.7. The van der Waals surface area contributed by atoms with Gasteiger partial charge in [0.15, 0.2) is 5.78 Å². The molecule has 0 bridgehead atoms. The molecule has 4 rings (SSSR count). The van der Waals surface area contributed by atoms with Crippen molar-refractivity contribution in [2.24, 2.45) is 11.7 Å². The molecule has 0 saturated heterocycles. The Morgan fingerprint density at radius 2 is 1.58 bits per heavy atom. The van der Waals surface area contributed by atoms with Crippen LogP contribution in [0.1, 0.15) is 29.9 Å². The summed E-state index contributed by atoms with van der Waals surface area (Å²) < 4.78 is 10.7. The molecule has 0 aliphatic heterocycles. The lowest BCUT2D eigenvalue weighted by Gasteiger charge is -2.16. The number of methoxy groups -OCH3 is 1. The SMILES string of the molecule is COC(=O)c1ccc(-c2ccc3cc(OC/C(C(=O)C(C)C)=C(/N)c4c(Cl)cccc4Cl)ccc3c2)cn1. The van der Waals surface area contributed by atoms with E-state index in [2.05, 4.69) is 4.98 Å². The Morgan fingerprint density at radius 1 is 0.921 bits per heavy atom. The molecule has 0 atom stereocenters. The molecule has 1 aromatic heterocycles. The molecule has 1 heterocycles. The highest BCUT2D eigenvalue weighted by atomic mass is 35.5. The summed E-state index contributed by atoms with van der Waals surface area (Å²) >= 11 is 12.7. The number of Topliss-reactive ketones (excluding diaryl/α,β-unsaturated/α-hetero) is 1. The number of nitrogens with zero attached hydrogens (tertiary/aromatic N) is 1. The Labute approximate surface area is 231 Å². The number of hydrogen-bond acceptors (Lipinski definition) is 6. The molecule has 8 heteroatoms. The molecule has 0 aliphatic carbocycles. The van der Waals surface area contributed by atoms with Crippen LogP contribution in [0.5, 0.6) is 5.75 Å². The maximum atomic E-state index is 13.0. The van der Waals surface area contributed by atoms with Crippen LogP contribution in [0.2, 0.25) is 10.0 Å². The molecular weight excluding hydrogens is 523 g/mol. The number of ether oxygens (including phenoxy) is 2. The molecule has 3 aromatic carbocycles. The number of carbonyl (C=O) groups excluding carboxylic acids is 2. The second-order valence-electron chi connectivity index (χ2n) is 8.94. The van der Waals surface area contributed by atoms with Gasteiger partial charge >= 0.3 is 5.97 Å². The van der Waals surface area contributed by atoms with Crippen LogP contribution in [0.3, 0.4) is 0 Å². The highest BCUT2D eigenvalue weighted by molar-refractivity contribution is 6.37. The number of hydrogen-bond donors (Lipinski definition) is 1. The van der Waals surface area contributed by atoms with Crippen LogP contribution >= 0.6 is 23.2 Å². The predicted octanol–water partition coefficient (Wildman–Crippen LogP) is 6.97. The summed E-state index contributed by atoms with van der Waals surface area (Å²) in [6.45, 7) is 3.57. The zero-order chi connectivity index (χ0) is 27.4. The zero-order valence-corrected chi connectivity index (χ0v) is 22.6. The van der Waals surface area contributed by atoms with Gasteiger partial charge in [-0.05, 0) is 52.7 Å². The molecule has 0 spiro atoms. The number of ketones is 1. The average molecular weight is 549 g/mol. The molecule has 0 radical (unpaired) electrons. The Morgan fingerprint density at radius 3 is 2.21 bits per heavy atom. The number of halogens is 2. The second-order valence-corrected chi connectivity index (χ2v) is 9.76. The van der Waals surface area contributed by atoms with E-state index in [0.29, 0.717) is 26.9 Å². The normalized spacial score (nSPS) is 11.8. The van der Waals surface area contributed by atoms with Gasteiger partial charge in [-0.3, -0.25) is 4.79 Å². The Balaban J connectivity index is 1.59. The lowest BCUT2D eigenvalue weighted by molar-refractivity contribution is -0.118. The van der Waals surface area contributed by atoms with Gasteiger partial charge in [-0.25, -0.2) is 9.78 Å². The maximum absolute atomic E-state index is 13.0. The van der Waals surface area contributed by atoms with Crippen molar-refractivity contribution in [3.8, 4) is 16.9 Å².